The molecule has 1 heterocycles. The molecule has 0 aromatic heterocycles. The van der Waals surface area contributed by atoms with Gasteiger partial charge in [0.25, 0.3) is 0 Å². The zero-order valence-electron chi connectivity index (χ0n) is 28.1. The zero-order valence-corrected chi connectivity index (χ0v) is 34.4. The van der Waals surface area contributed by atoms with E-state index in [1.54, 1.807) is 24.3 Å². The van der Waals surface area contributed by atoms with E-state index in [9.17, 15) is 9.36 Å². The fourth-order valence-corrected chi connectivity index (χ4v) is 8.20. The molecule has 0 fully saturated rings. The van der Waals surface area contributed by atoms with Gasteiger partial charge < -0.3 is 9.84 Å². The van der Waals surface area contributed by atoms with Crippen LogP contribution in [0.25, 0.3) is 22.3 Å². The number of carbonyl (C=O) groups is 1. The fourth-order valence-electron chi connectivity index (χ4n) is 7.29. The normalized spacial score (nSPS) is 13.0. The van der Waals surface area contributed by atoms with E-state index in [2.05, 4.69) is 144 Å². The van der Waals surface area contributed by atoms with E-state index < -0.39 is 5.20 Å². The van der Waals surface area contributed by atoms with Crippen molar-refractivity contribution < 1.29 is 19.2 Å². The molecular formula is C44H28Br2Cl3O4P. The predicted molar refractivity (Wildman–Crippen MR) is 228 cm³/mol. The minimum Gasteiger partial charge on any atom is -0.508 e. The summed E-state index contributed by atoms with van der Waals surface area (Å²) in [4.78, 5) is 12.1. The number of aromatic hydroxyl groups is 1. The van der Waals surface area contributed by atoms with Crippen molar-refractivity contribution in [2.75, 3.05) is 0 Å². The van der Waals surface area contributed by atoms with Crippen LogP contribution in [0.3, 0.4) is 0 Å². The molecule has 1 aliphatic heterocycles. The molecule has 0 saturated heterocycles. The van der Waals surface area contributed by atoms with E-state index in [0.29, 0.717) is 5.75 Å². The Morgan fingerprint density at radius 2 is 1.00 bits per heavy atom. The van der Waals surface area contributed by atoms with Crippen LogP contribution >= 0.6 is 70.8 Å². The zero-order chi connectivity index (χ0) is 38.0. The summed E-state index contributed by atoms with van der Waals surface area (Å²) in [5.74, 6) is 2.30. The maximum atomic E-state index is 12.1. The van der Waals surface area contributed by atoms with Gasteiger partial charge in [0.15, 0.2) is 5.78 Å². The van der Waals surface area contributed by atoms with Crippen molar-refractivity contribution in [3.05, 3.63) is 206 Å². The average molecular weight is 918 g/mol. The molecule has 4 nitrogen and oxygen atoms in total. The van der Waals surface area contributed by atoms with Crippen LogP contribution < -0.4 is 4.74 Å². The monoisotopic (exact) mass is 914 g/mol. The third-order valence-electron chi connectivity index (χ3n) is 9.27. The molecule has 54 heavy (non-hydrogen) atoms. The first-order chi connectivity index (χ1) is 26.0. The number of hydrogen-bond donors (Lipinski definition) is 1. The Kier molecular flexibility index (Phi) is 11.2. The number of fused-ring (bicyclic) bond motifs is 12. The van der Waals surface area contributed by atoms with Crippen LogP contribution in [0, 0.1) is 0 Å². The number of rotatable bonds is 0. The average Bonchev–Trinajstić information content (AvgIpc) is 3.62. The first kappa shape index (κ1) is 38.2. The van der Waals surface area contributed by atoms with E-state index in [4.69, 9.17) is 9.84 Å². The van der Waals surface area contributed by atoms with Gasteiger partial charge in [-0.15, -0.1) is 0 Å². The van der Waals surface area contributed by atoms with Gasteiger partial charge in [-0.3, -0.25) is 9.36 Å². The second-order valence-electron chi connectivity index (χ2n) is 12.4. The summed E-state index contributed by atoms with van der Waals surface area (Å²) < 4.78 is 17.8. The summed E-state index contributed by atoms with van der Waals surface area (Å²) in [6, 6.07) is 54.6. The molecule has 268 valence electrons. The molecule has 10 heteroatoms. The van der Waals surface area contributed by atoms with E-state index in [0.717, 1.165) is 42.7 Å². The Bertz CT molecular complexity index is 2520. The lowest BCUT2D eigenvalue weighted by Gasteiger charge is -2.39. The van der Waals surface area contributed by atoms with E-state index in [1.165, 1.54) is 33.4 Å². The molecule has 1 spiro atoms. The Balaban J connectivity index is 0.000000139. The lowest BCUT2D eigenvalue weighted by Crippen LogP contribution is -2.32. The number of carbonyl (C=O) groups excluding carboxylic acids is 1. The number of benzene rings is 7. The standard InChI is InChI=1S/C25H15BrO.C13H7BrO.C6H6O.Cl3OP/c26-16-13-14-20-18(15-16)17-7-1-2-8-19(17)25(20)21-9-3-5-11-23(21)27-24-12-6-4-10-22(24)25;14-11-7-3-6-9-8-4-1-2-5-10(8)13(15)12(9)11;7-6-4-2-1-3-5-6;1-5(2,3)4/h1-15H;1-7H;1-5,7H;. The van der Waals surface area contributed by atoms with Gasteiger partial charge in [-0.25, -0.2) is 0 Å². The van der Waals surface area contributed by atoms with Crippen LogP contribution in [-0.4, -0.2) is 10.9 Å². The maximum Gasteiger partial charge on any atom is 0.339 e. The third kappa shape index (κ3) is 7.44. The minimum absolute atomic E-state index is 0.119. The molecule has 0 radical (unpaired) electrons. The smallest absolute Gasteiger partial charge is 0.339 e. The third-order valence-corrected chi connectivity index (χ3v) is 10.4. The number of ketones is 1. The Morgan fingerprint density at radius 3 is 1.59 bits per heavy atom. The maximum absolute atomic E-state index is 12.1. The van der Waals surface area contributed by atoms with E-state index in [1.807, 2.05) is 60.7 Å². The number of hydrogen-bond acceptors (Lipinski definition) is 4. The van der Waals surface area contributed by atoms with Crippen molar-refractivity contribution in [1.82, 2.24) is 0 Å². The van der Waals surface area contributed by atoms with Gasteiger partial charge in [-0.05, 0) is 110 Å². The molecule has 0 amide bonds. The van der Waals surface area contributed by atoms with Crippen LogP contribution in [0.5, 0.6) is 17.2 Å². The Morgan fingerprint density at radius 1 is 0.519 bits per heavy atom. The van der Waals surface area contributed by atoms with Crippen LogP contribution in [0.4, 0.5) is 0 Å². The quantitative estimate of drug-likeness (QED) is 0.154. The highest BCUT2D eigenvalue weighted by atomic mass is 79.9. The molecule has 7 aromatic carbocycles. The SMILES string of the molecule is Brc1ccc2c(c1)-c1ccccc1C21c2ccccc2Oc2ccccc21.O=C1c2ccccc2-c2cccc(Br)c21.O=P(Cl)(Cl)Cl.Oc1ccccc1. The molecule has 0 unspecified atom stereocenters. The lowest BCUT2D eigenvalue weighted by atomic mass is 9.66. The largest absolute Gasteiger partial charge is 0.508 e. The fraction of sp³-hybridized carbons (Fsp3) is 0.0227. The summed E-state index contributed by atoms with van der Waals surface area (Å²) in [6.07, 6.45) is 0. The number of phenols is 1. The Labute approximate surface area is 344 Å². The molecular weight excluding hydrogens is 890 g/mol. The molecule has 10 rings (SSSR count). The molecule has 7 aromatic rings. The van der Waals surface area contributed by atoms with Gasteiger partial charge in [-0.2, -0.15) is 0 Å². The predicted octanol–water partition coefficient (Wildman–Crippen LogP) is 14.8. The van der Waals surface area contributed by atoms with Crippen molar-refractivity contribution in [3.63, 3.8) is 0 Å². The van der Waals surface area contributed by atoms with Crippen LogP contribution in [0.15, 0.2) is 173 Å². The van der Waals surface area contributed by atoms with Gasteiger partial charge in [0, 0.05) is 31.2 Å². The van der Waals surface area contributed by atoms with Crippen LogP contribution in [0.2, 0.25) is 0 Å². The highest BCUT2D eigenvalue weighted by molar-refractivity contribution is 9.10. The second-order valence-corrected chi connectivity index (χ2v) is 20.8. The van der Waals surface area contributed by atoms with Crippen molar-refractivity contribution >= 4 is 76.6 Å². The summed E-state index contributed by atoms with van der Waals surface area (Å²) >= 11 is 20.9. The lowest BCUT2D eigenvalue weighted by molar-refractivity contribution is 0.104. The van der Waals surface area contributed by atoms with Crippen molar-refractivity contribution in [3.8, 4) is 39.5 Å². The summed E-state index contributed by atoms with van der Waals surface area (Å²) in [6.45, 7) is 0. The van der Waals surface area contributed by atoms with Gasteiger partial charge >= 0.3 is 5.20 Å². The van der Waals surface area contributed by atoms with Crippen molar-refractivity contribution in [1.29, 1.82) is 0 Å². The Hall–Kier alpha value is -4.13. The van der Waals surface area contributed by atoms with E-state index in [-0.39, 0.29) is 11.2 Å². The van der Waals surface area contributed by atoms with Gasteiger partial charge in [0.2, 0.25) is 0 Å². The topological polar surface area (TPSA) is 63.6 Å². The van der Waals surface area contributed by atoms with E-state index >= 15 is 0 Å². The first-order valence-corrected chi connectivity index (χ1v) is 22.6. The van der Waals surface area contributed by atoms with Crippen molar-refractivity contribution in [2.45, 2.75) is 5.41 Å². The number of ether oxygens (including phenoxy) is 1. The molecule has 0 saturated carbocycles. The summed E-state index contributed by atoms with van der Waals surface area (Å²) in [5.41, 5.74) is 10.9. The number of phenolic OH excluding ortho intramolecular Hbond substituents is 1. The highest BCUT2D eigenvalue weighted by Gasteiger charge is 2.50. The number of halogens is 5. The van der Waals surface area contributed by atoms with Crippen LogP contribution in [-0.2, 0) is 9.98 Å². The van der Waals surface area contributed by atoms with Crippen molar-refractivity contribution in [2.24, 2.45) is 0 Å². The molecule has 3 aliphatic rings. The van der Waals surface area contributed by atoms with Gasteiger partial charge in [0.05, 0.1) is 5.41 Å². The highest BCUT2D eigenvalue weighted by Crippen LogP contribution is 2.62. The molecule has 0 bridgehead atoms. The number of para-hydroxylation sites is 3. The molecule has 0 atom stereocenters. The minimum atomic E-state index is -3.22. The summed E-state index contributed by atoms with van der Waals surface area (Å²) in [5, 5.41) is 5.41. The second kappa shape index (κ2) is 15.9. The summed E-state index contributed by atoms with van der Waals surface area (Å²) in [7, 11) is 0. The molecule has 1 N–H and O–H groups in total. The van der Waals surface area contributed by atoms with Gasteiger partial charge in [-0.1, -0.05) is 153 Å². The van der Waals surface area contributed by atoms with Gasteiger partial charge in [0.1, 0.15) is 17.2 Å². The first-order valence-electron chi connectivity index (χ1n) is 16.6. The van der Waals surface area contributed by atoms with Crippen LogP contribution in [0.1, 0.15) is 38.2 Å². The molecule has 2 aliphatic carbocycles.